The minimum absolute atomic E-state index is 0.0654. The van der Waals surface area contributed by atoms with Crippen molar-refractivity contribution in [2.45, 2.75) is 23.1 Å². The summed E-state index contributed by atoms with van der Waals surface area (Å²) in [4.78, 5) is 12.9. The average Bonchev–Trinajstić information content (AvgIpc) is 2.92. The largest absolute Gasteiger partial charge is 0.383 e. The Bertz CT molecular complexity index is 661. The fraction of sp³-hybridized carbons (Fsp3) is 0.400. The fourth-order valence-electron chi connectivity index (χ4n) is 1.83. The predicted molar refractivity (Wildman–Crippen MR) is 93.3 cm³/mol. The van der Waals surface area contributed by atoms with Crippen LogP contribution < -0.4 is 10.6 Å². The Kier molecular flexibility index (Phi) is 6.97. The van der Waals surface area contributed by atoms with Gasteiger partial charge in [-0.1, -0.05) is 23.1 Å². The van der Waals surface area contributed by atoms with E-state index in [4.69, 9.17) is 4.74 Å². The van der Waals surface area contributed by atoms with Crippen molar-refractivity contribution < 1.29 is 9.53 Å². The molecular weight excluding hydrogens is 332 g/mol. The SMILES string of the molecule is COCCNCC(=O)Nc1ccc(Sc2nnc(C)s2)cc1C. The first-order valence-electron chi connectivity index (χ1n) is 7.16. The summed E-state index contributed by atoms with van der Waals surface area (Å²) in [7, 11) is 1.63. The molecule has 8 heteroatoms. The molecule has 0 aliphatic carbocycles. The molecule has 1 heterocycles. The zero-order valence-corrected chi connectivity index (χ0v) is 15.0. The van der Waals surface area contributed by atoms with Crippen molar-refractivity contribution in [1.29, 1.82) is 0 Å². The quantitative estimate of drug-likeness (QED) is 0.711. The van der Waals surface area contributed by atoms with Gasteiger partial charge in [-0.25, -0.2) is 0 Å². The van der Waals surface area contributed by atoms with Crippen LogP contribution >= 0.6 is 23.1 Å². The molecule has 1 aromatic carbocycles. The Morgan fingerprint density at radius 1 is 1.35 bits per heavy atom. The summed E-state index contributed by atoms with van der Waals surface area (Å²) in [6.45, 7) is 5.42. The normalized spacial score (nSPS) is 10.7. The van der Waals surface area contributed by atoms with Crippen LogP contribution in [0, 0.1) is 13.8 Å². The highest BCUT2D eigenvalue weighted by Gasteiger charge is 2.08. The maximum absolute atomic E-state index is 11.9. The molecule has 6 nitrogen and oxygen atoms in total. The van der Waals surface area contributed by atoms with Gasteiger partial charge in [-0.3, -0.25) is 4.79 Å². The van der Waals surface area contributed by atoms with Gasteiger partial charge in [0.1, 0.15) is 5.01 Å². The van der Waals surface area contributed by atoms with Crippen LogP contribution in [0.15, 0.2) is 27.4 Å². The van der Waals surface area contributed by atoms with Gasteiger partial charge in [0.25, 0.3) is 0 Å². The van der Waals surface area contributed by atoms with Crippen molar-refractivity contribution in [3.63, 3.8) is 0 Å². The summed E-state index contributed by atoms with van der Waals surface area (Å²) in [5, 5.41) is 15.0. The molecule has 0 aliphatic rings. The third kappa shape index (κ3) is 5.91. The molecule has 0 fully saturated rings. The van der Waals surface area contributed by atoms with E-state index >= 15 is 0 Å². The molecule has 0 bridgehead atoms. The van der Waals surface area contributed by atoms with Gasteiger partial charge < -0.3 is 15.4 Å². The van der Waals surface area contributed by atoms with Gasteiger partial charge in [0, 0.05) is 24.2 Å². The van der Waals surface area contributed by atoms with Gasteiger partial charge in [-0.05, 0) is 37.6 Å². The van der Waals surface area contributed by atoms with Crippen LogP contribution in [-0.2, 0) is 9.53 Å². The van der Waals surface area contributed by atoms with Crippen LogP contribution in [0.2, 0.25) is 0 Å². The van der Waals surface area contributed by atoms with Gasteiger partial charge in [0.2, 0.25) is 5.91 Å². The van der Waals surface area contributed by atoms with E-state index in [0.717, 1.165) is 25.5 Å². The van der Waals surface area contributed by atoms with Gasteiger partial charge in [-0.15, -0.1) is 10.2 Å². The number of methoxy groups -OCH3 is 1. The minimum Gasteiger partial charge on any atom is -0.383 e. The number of carbonyl (C=O) groups excluding carboxylic acids is 1. The summed E-state index contributed by atoms with van der Waals surface area (Å²) in [5.41, 5.74) is 1.84. The van der Waals surface area contributed by atoms with Crippen molar-refractivity contribution in [3.05, 3.63) is 28.8 Å². The summed E-state index contributed by atoms with van der Waals surface area (Å²) < 4.78 is 5.84. The van der Waals surface area contributed by atoms with E-state index in [1.165, 1.54) is 0 Å². The van der Waals surface area contributed by atoms with E-state index in [0.29, 0.717) is 13.2 Å². The second kappa shape index (κ2) is 8.97. The molecule has 0 atom stereocenters. The third-order valence-corrected chi connectivity index (χ3v) is 4.83. The first-order chi connectivity index (χ1) is 11.1. The van der Waals surface area contributed by atoms with E-state index in [9.17, 15) is 4.79 Å². The lowest BCUT2D eigenvalue weighted by atomic mass is 10.2. The number of aryl methyl sites for hydroxylation is 2. The summed E-state index contributed by atoms with van der Waals surface area (Å²) in [6.07, 6.45) is 0. The molecule has 2 N–H and O–H groups in total. The lowest BCUT2D eigenvalue weighted by molar-refractivity contribution is -0.115. The molecule has 0 spiro atoms. The van der Waals surface area contributed by atoms with E-state index < -0.39 is 0 Å². The number of anilines is 1. The zero-order valence-electron chi connectivity index (χ0n) is 13.4. The van der Waals surface area contributed by atoms with Gasteiger partial charge in [0.05, 0.1) is 13.2 Å². The van der Waals surface area contributed by atoms with Crippen molar-refractivity contribution in [2.24, 2.45) is 0 Å². The van der Waals surface area contributed by atoms with Gasteiger partial charge in [-0.2, -0.15) is 0 Å². The molecule has 0 radical (unpaired) electrons. The van der Waals surface area contributed by atoms with Crippen molar-refractivity contribution >= 4 is 34.7 Å². The summed E-state index contributed by atoms with van der Waals surface area (Å²) >= 11 is 3.14. The van der Waals surface area contributed by atoms with Crippen molar-refractivity contribution in [3.8, 4) is 0 Å². The molecule has 2 rings (SSSR count). The van der Waals surface area contributed by atoms with Crippen LogP contribution in [0.5, 0.6) is 0 Å². The fourth-order valence-corrected chi connectivity index (χ4v) is 3.72. The standard InChI is InChI=1S/C15H20N4O2S2/c1-10-8-12(23-15-19-18-11(2)22-15)4-5-13(10)17-14(20)9-16-6-7-21-3/h4-5,8,16H,6-7,9H2,1-3H3,(H,17,20). The lowest BCUT2D eigenvalue weighted by Gasteiger charge is -2.10. The van der Waals surface area contributed by atoms with Gasteiger partial charge in [0.15, 0.2) is 4.34 Å². The molecule has 0 unspecified atom stereocenters. The molecule has 0 saturated heterocycles. The van der Waals surface area contributed by atoms with Crippen LogP contribution in [0.4, 0.5) is 5.69 Å². The Morgan fingerprint density at radius 2 is 2.17 bits per heavy atom. The summed E-state index contributed by atoms with van der Waals surface area (Å²) in [6, 6.07) is 5.93. The number of benzene rings is 1. The predicted octanol–water partition coefficient (Wildman–Crippen LogP) is 2.48. The topological polar surface area (TPSA) is 76.1 Å². The number of nitrogens with zero attached hydrogens (tertiary/aromatic N) is 2. The molecule has 1 aromatic heterocycles. The van der Waals surface area contributed by atoms with Crippen molar-refractivity contribution in [1.82, 2.24) is 15.5 Å². The first-order valence-corrected chi connectivity index (χ1v) is 8.80. The van der Waals surface area contributed by atoms with E-state index in [2.05, 4.69) is 20.8 Å². The number of carbonyl (C=O) groups is 1. The highest BCUT2D eigenvalue weighted by Crippen LogP contribution is 2.32. The lowest BCUT2D eigenvalue weighted by Crippen LogP contribution is -2.30. The average molecular weight is 352 g/mol. The Hall–Kier alpha value is -1.48. The van der Waals surface area contributed by atoms with E-state index in [1.54, 1.807) is 30.2 Å². The number of aromatic nitrogens is 2. The van der Waals surface area contributed by atoms with Crippen LogP contribution in [0.1, 0.15) is 10.6 Å². The molecule has 23 heavy (non-hydrogen) atoms. The highest BCUT2D eigenvalue weighted by molar-refractivity contribution is 8.01. The second-order valence-corrected chi connectivity index (χ2v) is 7.39. The van der Waals surface area contributed by atoms with Crippen LogP contribution in [-0.4, -0.2) is 42.9 Å². The van der Waals surface area contributed by atoms with Crippen LogP contribution in [0.3, 0.4) is 0 Å². The molecule has 1 amide bonds. The van der Waals surface area contributed by atoms with Gasteiger partial charge >= 0.3 is 0 Å². The molecule has 0 aliphatic heterocycles. The van der Waals surface area contributed by atoms with Crippen LogP contribution in [0.25, 0.3) is 0 Å². The third-order valence-electron chi connectivity index (χ3n) is 2.95. The number of ether oxygens (including phenoxy) is 1. The Morgan fingerprint density at radius 3 is 2.83 bits per heavy atom. The number of amides is 1. The minimum atomic E-state index is -0.0654. The maximum atomic E-state index is 11.9. The van der Waals surface area contributed by atoms with E-state index in [-0.39, 0.29) is 12.5 Å². The maximum Gasteiger partial charge on any atom is 0.238 e. The second-order valence-electron chi connectivity index (χ2n) is 4.88. The molecule has 2 aromatic rings. The first kappa shape index (κ1) is 17.9. The monoisotopic (exact) mass is 352 g/mol. The molecule has 124 valence electrons. The molecular formula is C15H20N4O2S2. The summed E-state index contributed by atoms with van der Waals surface area (Å²) in [5.74, 6) is -0.0654. The Balaban J connectivity index is 1.90. The Labute approximate surface area is 144 Å². The number of rotatable bonds is 8. The number of hydrogen-bond donors (Lipinski definition) is 2. The molecule has 0 saturated carbocycles. The van der Waals surface area contributed by atoms with E-state index in [1.807, 2.05) is 32.0 Å². The smallest absolute Gasteiger partial charge is 0.238 e. The van der Waals surface area contributed by atoms with Crippen molar-refractivity contribution in [2.75, 3.05) is 32.1 Å². The zero-order chi connectivity index (χ0) is 16.7. The highest BCUT2D eigenvalue weighted by atomic mass is 32.2. The number of hydrogen-bond acceptors (Lipinski definition) is 7. The number of nitrogens with one attached hydrogen (secondary N) is 2.